The van der Waals surface area contributed by atoms with Gasteiger partial charge >= 0.3 is 0 Å². The van der Waals surface area contributed by atoms with E-state index in [-0.39, 0.29) is 28.5 Å². The molecule has 1 aliphatic heterocycles. The maximum Gasteiger partial charge on any atom is 0.296 e. The van der Waals surface area contributed by atoms with E-state index in [9.17, 15) is 14.7 Å². The number of ketones is 1. The van der Waals surface area contributed by atoms with Crippen LogP contribution in [0.4, 0.5) is 0 Å². The molecule has 1 aromatic heterocycles. The van der Waals surface area contributed by atoms with Crippen LogP contribution in [0.25, 0.3) is 5.76 Å². The Kier molecular flexibility index (Phi) is 6.56. The van der Waals surface area contributed by atoms with Gasteiger partial charge in [-0.05, 0) is 54.8 Å². The summed E-state index contributed by atoms with van der Waals surface area (Å²) in [4.78, 5) is 27.7. The van der Waals surface area contributed by atoms with Crippen LogP contribution in [0.1, 0.15) is 42.3 Å². The molecule has 2 aromatic carbocycles. The van der Waals surface area contributed by atoms with Crippen molar-refractivity contribution >= 4 is 29.1 Å². The topological polar surface area (TPSA) is 80.0 Å². The van der Waals surface area contributed by atoms with Gasteiger partial charge in [-0.15, -0.1) is 0 Å². The van der Waals surface area contributed by atoms with Crippen LogP contribution in [-0.2, 0) is 22.6 Å². The molecule has 1 aliphatic rings. The minimum atomic E-state index is -0.798. The summed E-state index contributed by atoms with van der Waals surface area (Å²) in [5.41, 5.74) is 2.03. The maximum atomic E-state index is 13.2. The second kappa shape index (κ2) is 9.55. The van der Waals surface area contributed by atoms with E-state index < -0.39 is 17.7 Å². The van der Waals surface area contributed by atoms with Gasteiger partial charge in [0.2, 0.25) is 0 Å². The number of hydrogen-bond acceptors (Lipinski definition) is 5. The van der Waals surface area contributed by atoms with Gasteiger partial charge < -0.3 is 19.2 Å². The molecule has 0 aliphatic carbocycles. The van der Waals surface area contributed by atoms with E-state index in [2.05, 4.69) is 0 Å². The number of likely N-dealkylation sites (tertiary alicyclic amines) is 1. The number of ether oxygens (including phenoxy) is 1. The second-order valence-corrected chi connectivity index (χ2v) is 8.08. The van der Waals surface area contributed by atoms with Crippen molar-refractivity contribution in [2.75, 3.05) is 6.61 Å². The first-order chi connectivity index (χ1) is 15.9. The van der Waals surface area contributed by atoms with Crippen molar-refractivity contribution in [3.8, 4) is 5.75 Å². The van der Waals surface area contributed by atoms with Gasteiger partial charge in [0.05, 0.1) is 36.1 Å². The SMILES string of the molecule is CCOc1ccc(Cl)c(/C(O)=C2\C(=O)C(=O)N(Cc3ccco3)C2c2ccc(CC)cc2)c1. The van der Waals surface area contributed by atoms with Gasteiger partial charge in [-0.3, -0.25) is 9.59 Å². The number of hydrogen-bond donors (Lipinski definition) is 1. The second-order valence-electron chi connectivity index (χ2n) is 7.68. The third-order valence-corrected chi connectivity index (χ3v) is 5.98. The van der Waals surface area contributed by atoms with Crippen LogP contribution in [0, 0.1) is 0 Å². The molecular formula is C26H24ClNO5. The third-order valence-electron chi connectivity index (χ3n) is 5.65. The van der Waals surface area contributed by atoms with Crippen molar-refractivity contribution in [2.45, 2.75) is 32.9 Å². The molecule has 6 nitrogen and oxygen atoms in total. The zero-order valence-corrected chi connectivity index (χ0v) is 19.1. The number of halogens is 1. The zero-order chi connectivity index (χ0) is 23.5. The van der Waals surface area contributed by atoms with Crippen LogP contribution in [-0.4, -0.2) is 28.3 Å². The number of furan rings is 1. The van der Waals surface area contributed by atoms with E-state index in [1.807, 2.05) is 38.1 Å². The Labute approximate surface area is 197 Å². The molecule has 0 bridgehead atoms. The maximum absolute atomic E-state index is 13.2. The van der Waals surface area contributed by atoms with E-state index in [1.165, 1.54) is 11.2 Å². The number of rotatable bonds is 7. The van der Waals surface area contributed by atoms with Crippen molar-refractivity contribution < 1.29 is 23.8 Å². The monoisotopic (exact) mass is 465 g/mol. The number of Topliss-reactive ketones (excluding diaryl/α,β-unsaturated/α-hetero) is 1. The minimum absolute atomic E-state index is 0.0219. The Balaban J connectivity index is 1.87. The number of aryl methyl sites for hydroxylation is 1. The van der Waals surface area contributed by atoms with Crippen molar-refractivity contribution in [3.05, 3.63) is 93.9 Å². The number of benzene rings is 2. The average Bonchev–Trinajstić information content (AvgIpc) is 3.42. The molecule has 1 unspecified atom stereocenters. The van der Waals surface area contributed by atoms with Gasteiger partial charge in [0.15, 0.2) is 0 Å². The van der Waals surface area contributed by atoms with E-state index in [1.54, 1.807) is 30.3 Å². The van der Waals surface area contributed by atoms with Crippen molar-refractivity contribution in [3.63, 3.8) is 0 Å². The number of nitrogens with zero attached hydrogens (tertiary/aromatic N) is 1. The number of aliphatic hydroxyl groups is 1. The molecule has 3 aromatic rings. The van der Waals surface area contributed by atoms with Crippen LogP contribution in [0.5, 0.6) is 5.75 Å². The van der Waals surface area contributed by atoms with Gasteiger partial charge in [-0.2, -0.15) is 0 Å². The summed E-state index contributed by atoms with van der Waals surface area (Å²) in [5, 5.41) is 11.5. The van der Waals surface area contributed by atoms with Crippen molar-refractivity contribution in [1.82, 2.24) is 4.90 Å². The summed E-state index contributed by atoms with van der Waals surface area (Å²) in [6.07, 6.45) is 2.36. The molecule has 0 spiro atoms. The van der Waals surface area contributed by atoms with Gasteiger partial charge in [0.25, 0.3) is 11.7 Å². The lowest BCUT2D eigenvalue weighted by atomic mass is 9.94. The molecule has 1 amide bonds. The van der Waals surface area contributed by atoms with Crippen molar-refractivity contribution in [1.29, 1.82) is 0 Å². The highest BCUT2D eigenvalue weighted by molar-refractivity contribution is 6.47. The summed E-state index contributed by atoms with van der Waals surface area (Å²) in [6, 6.07) is 15.1. The van der Waals surface area contributed by atoms with E-state index >= 15 is 0 Å². The normalized spacial score (nSPS) is 17.5. The number of aliphatic hydroxyl groups excluding tert-OH is 1. The van der Waals surface area contributed by atoms with E-state index in [0.717, 1.165) is 12.0 Å². The predicted molar refractivity (Wildman–Crippen MR) is 125 cm³/mol. The fourth-order valence-electron chi connectivity index (χ4n) is 3.98. The molecule has 2 heterocycles. The average molecular weight is 466 g/mol. The standard InChI is InChI=1S/C26H24ClNO5/c1-3-16-7-9-17(10-8-16)23-22(24(29)20-14-18(32-4-2)11-12-21(20)27)25(30)26(31)28(23)15-19-6-5-13-33-19/h5-14,23,29H,3-4,15H2,1-2H3/b24-22+. The first-order valence-electron chi connectivity index (χ1n) is 10.8. The Morgan fingerprint density at radius 3 is 2.52 bits per heavy atom. The highest BCUT2D eigenvalue weighted by Gasteiger charge is 2.46. The summed E-state index contributed by atoms with van der Waals surface area (Å²) in [5.74, 6) is -0.803. The molecule has 0 radical (unpaired) electrons. The van der Waals surface area contributed by atoms with Crippen LogP contribution < -0.4 is 4.74 Å². The molecular weight excluding hydrogens is 442 g/mol. The summed E-state index contributed by atoms with van der Waals surface area (Å²) in [6.45, 7) is 4.40. The molecule has 1 N–H and O–H groups in total. The Morgan fingerprint density at radius 1 is 1.12 bits per heavy atom. The Hall–Kier alpha value is -3.51. The van der Waals surface area contributed by atoms with Gasteiger partial charge in [0.1, 0.15) is 17.3 Å². The molecule has 1 fully saturated rings. The highest BCUT2D eigenvalue weighted by Crippen LogP contribution is 2.42. The first kappa shape index (κ1) is 22.7. The lowest BCUT2D eigenvalue weighted by Gasteiger charge is -2.24. The summed E-state index contributed by atoms with van der Waals surface area (Å²) >= 11 is 6.36. The molecule has 1 atom stereocenters. The highest BCUT2D eigenvalue weighted by atomic mass is 35.5. The van der Waals surface area contributed by atoms with E-state index in [0.29, 0.717) is 23.7 Å². The summed E-state index contributed by atoms with van der Waals surface area (Å²) in [7, 11) is 0. The molecule has 7 heteroatoms. The predicted octanol–water partition coefficient (Wildman–Crippen LogP) is 5.52. The lowest BCUT2D eigenvalue weighted by molar-refractivity contribution is -0.140. The zero-order valence-electron chi connectivity index (χ0n) is 18.4. The van der Waals surface area contributed by atoms with E-state index in [4.69, 9.17) is 20.8 Å². The molecule has 1 saturated heterocycles. The van der Waals surface area contributed by atoms with Crippen LogP contribution in [0.15, 0.2) is 70.9 Å². The minimum Gasteiger partial charge on any atom is -0.507 e. The number of amides is 1. The molecule has 33 heavy (non-hydrogen) atoms. The smallest absolute Gasteiger partial charge is 0.296 e. The van der Waals surface area contributed by atoms with Crippen LogP contribution in [0.3, 0.4) is 0 Å². The van der Waals surface area contributed by atoms with Crippen LogP contribution in [0.2, 0.25) is 5.02 Å². The lowest BCUT2D eigenvalue weighted by Crippen LogP contribution is -2.29. The van der Waals surface area contributed by atoms with Crippen molar-refractivity contribution in [2.24, 2.45) is 0 Å². The Bertz CT molecular complexity index is 1200. The van der Waals surface area contributed by atoms with Gasteiger partial charge in [-0.25, -0.2) is 0 Å². The van der Waals surface area contributed by atoms with Crippen LogP contribution >= 0.6 is 11.6 Å². The van der Waals surface area contributed by atoms with Gasteiger partial charge in [-0.1, -0.05) is 42.8 Å². The number of carbonyl (C=O) groups is 2. The number of carbonyl (C=O) groups excluding carboxylic acids is 2. The quantitative estimate of drug-likeness (QED) is 0.282. The summed E-state index contributed by atoms with van der Waals surface area (Å²) < 4.78 is 10.9. The fraction of sp³-hybridized carbons (Fsp3) is 0.231. The fourth-order valence-corrected chi connectivity index (χ4v) is 4.19. The Morgan fingerprint density at radius 2 is 1.88 bits per heavy atom. The molecule has 0 saturated carbocycles. The van der Waals surface area contributed by atoms with Gasteiger partial charge in [0, 0.05) is 5.56 Å². The molecule has 4 rings (SSSR count). The molecule has 170 valence electrons. The first-order valence-corrected chi connectivity index (χ1v) is 11.1. The third kappa shape index (κ3) is 4.39. The largest absolute Gasteiger partial charge is 0.507 e.